The van der Waals surface area contributed by atoms with Crippen LogP contribution in [0, 0.1) is 11.3 Å². The van der Waals surface area contributed by atoms with Crippen LogP contribution in [0.25, 0.3) is 11.1 Å². The quantitative estimate of drug-likeness (QED) is 0.704. The number of Topliss-reactive ketones (excluding diaryl/α,β-unsaturated/α-hetero) is 1. The summed E-state index contributed by atoms with van der Waals surface area (Å²) in [5.74, 6) is -2.99. The summed E-state index contributed by atoms with van der Waals surface area (Å²) in [4.78, 5) is 30.2. The maximum absolute atomic E-state index is 13.4. The van der Waals surface area contributed by atoms with Crippen LogP contribution in [0.2, 0.25) is 0 Å². The Hall–Kier alpha value is -3.34. The van der Waals surface area contributed by atoms with E-state index in [1.807, 2.05) is 6.07 Å². The van der Waals surface area contributed by atoms with Gasteiger partial charge in [-0.2, -0.15) is 5.26 Å². The van der Waals surface area contributed by atoms with Crippen LogP contribution in [0.1, 0.15) is 41.7 Å². The molecular formula is C22H19F2N3O3. The number of rotatable bonds is 4. The number of hydrogen-bond donors (Lipinski definition) is 0. The van der Waals surface area contributed by atoms with E-state index < -0.39 is 17.6 Å². The van der Waals surface area contributed by atoms with Crippen LogP contribution in [0.3, 0.4) is 0 Å². The molecule has 1 aromatic heterocycles. The van der Waals surface area contributed by atoms with Gasteiger partial charge in [0.05, 0.1) is 13.1 Å². The van der Waals surface area contributed by atoms with E-state index in [-0.39, 0.29) is 44.6 Å². The number of carbonyl (C=O) groups is 2. The average Bonchev–Trinajstić information content (AvgIpc) is 3.05. The third-order valence-electron chi connectivity index (χ3n) is 5.70. The van der Waals surface area contributed by atoms with Gasteiger partial charge in [0.1, 0.15) is 17.4 Å². The number of alkyl halides is 2. The van der Waals surface area contributed by atoms with Crippen LogP contribution in [-0.4, -0.2) is 46.4 Å². The van der Waals surface area contributed by atoms with Crippen LogP contribution in [0.15, 0.2) is 42.6 Å². The first-order chi connectivity index (χ1) is 14.3. The van der Waals surface area contributed by atoms with Gasteiger partial charge in [-0.3, -0.25) is 9.69 Å². The molecule has 2 aromatic rings. The van der Waals surface area contributed by atoms with Gasteiger partial charge >= 0.3 is 6.09 Å². The van der Waals surface area contributed by atoms with Crippen LogP contribution in [0.4, 0.5) is 13.6 Å². The molecule has 6 nitrogen and oxygen atoms in total. The van der Waals surface area contributed by atoms with E-state index in [1.165, 1.54) is 11.1 Å². The zero-order valence-corrected chi connectivity index (χ0v) is 16.1. The molecule has 1 spiro atoms. The molecule has 30 heavy (non-hydrogen) atoms. The van der Waals surface area contributed by atoms with Crippen molar-refractivity contribution in [2.45, 2.75) is 37.2 Å². The van der Waals surface area contributed by atoms with E-state index in [0.717, 1.165) is 5.56 Å². The smallest absolute Gasteiger partial charge is 0.410 e. The number of benzene rings is 1. The number of nitriles is 1. The first kappa shape index (κ1) is 20.0. The summed E-state index contributed by atoms with van der Waals surface area (Å²) in [6.45, 7) is -0.0282. The number of nitrogens with zero attached hydrogens (tertiary/aromatic N) is 3. The summed E-state index contributed by atoms with van der Waals surface area (Å²) >= 11 is 0. The van der Waals surface area contributed by atoms with Crippen molar-refractivity contribution in [2.24, 2.45) is 0 Å². The van der Waals surface area contributed by atoms with Crippen LogP contribution in [0.5, 0.6) is 0 Å². The molecule has 2 fully saturated rings. The highest BCUT2D eigenvalue weighted by Crippen LogP contribution is 2.43. The molecule has 0 unspecified atom stereocenters. The fraction of sp³-hybridized carbons (Fsp3) is 0.364. The Labute approximate surface area is 172 Å². The molecular weight excluding hydrogens is 392 g/mol. The van der Waals surface area contributed by atoms with Gasteiger partial charge in [-0.15, -0.1) is 0 Å². The van der Waals surface area contributed by atoms with Gasteiger partial charge in [-0.25, -0.2) is 18.6 Å². The maximum Gasteiger partial charge on any atom is 0.410 e. The molecule has 1 saturated carbocycles. The van der Waals surface area contributed by atoms with E-state index >= 15 is 0 Å². The van der Waals surface area contributed by atoms with E-state index in [1.54, 1.807) is 36.4 Å². The molecule has 1 aliphatic heterocycles. The van der Waals surface area contributed by atoms with Crippen molar-refractivity contribution in [3.8, 4) is 17.2 Å². The predicted octanol–water partition coefficient (Wildman–Crippen LogP) is 4.20. The van der Waals surface area contributed by atoms with Crippen molar-refractivity contribution in [3.05, 3.63) is 53.9 Å². The van der Waals surface area contributed by atoms with E-state index in [0.29, 0.717) is 16.8 Å². The van der Waals surface area contributed by atoms with Crippen molar-refractivity contribution in [2.75, 3.05) is 13.1 Å². The summed E-state index contributed by atoms with van der Waals surface area (Å²) in [5, 5.41) is 9.18. The number of hydrogen-bond acceptors (Lipinski definition) is 5. The standard InChI is InChI=1S/C22H19F2N3O3/c23-22(24)9-7-21(8-10-22)14-27(20(29)30-21)13-19(28)16-5-3-15(4-6-16)17-2-1-11-26-18(17)12-25/h1-6,11H,7-10,13-14H2. The Morgan fingerprint density at radius 2 is 1.87 bits per heavy atom. The van der Waals surface area contributed by atoms with Gasteiger partial charge in [0.2, 0.25) is 5.92 Å². The topological polar surface area (TPSA) is 83.3 Å². The summed E-state index contributed by atoms with van der Waals surface area (Å²) in [6.07, 6.45) is 0.453. The largest absolute Gasteiger partial charge is 0.441 e. The van der Waals surface area contributed by atoms with Gasteiger partial charge in [-0.05, 0) is 30.5 Å². The zero-order chi connectivity index (χ0) is 21.4. The second-order valence-corrected chi connectivity index (χ2v) is 7.77. The number of ether oxygens (including phenoxy) is 1. The van der Waals surface area contributed by atoms with Crippen molar-refractivity contribution < 1.29 is 23.1 Å². The number of ketones is 1. The summed E-state index contributed by atoms with van der Waals surface area (Å²) in [5.41, 5.74) is 1.19. The molecule has 1 amide bonds. The molecule has 1 saturated heterocycles. The van der Waals surface area contributed by atoms with Gasteiger partial charge in [0, 0.05) is 30.2 Å². The Kier molecular flexibility index (Phi) is 4.98. The minimum absolute atomic E-state index is 0.0947. The number of amides is 1. The van der Waals surface area contributed by atoms with Gasteiger partial charge < -0.3 is 4.74 Å². The highest BCUT2D eigenvalue weighted by Gasteiger charge is 2.51. The molecule has 154 valence electrons. The lowest BCUT2D eigenvalue weighted by Crippen LogP contribution is -2.42. The molecule has 2 aliphatic rings. The lowest BCUT2D eigenvalue weighted by Gasteiger charge is -2.34. The van der Waals surface area contributed by atoms with Crippen molar-refractivity contribution in [3.63, 3.8) is 0 Å². The molecule has 0 radical (unpaired) electrons. The highest BCUT2D eigenvalue weighted by atomic mass is 19.3. The third kappa shape index (κ3) is 3.88. The molecule has 0 atom stereocenters. The van der Waals surface area contributed by atoms with Crippen LogP contribution in [-0.2, 0) is 4.74 Å². The fourth-order valence-corrected chi connectivity index (χ4v) is 3.97. The van der Waals surface area contributed by atoms with Crippen LogP contribution >= 0.6 is 0 Å². The highest BCUT2D eigenvalue weighted by molar-refractivity contribution is 5.99. The minimum atomic E-state index is -2.72. The molecule has 0 N–H and O–H groups in total. The first-order valence-electron chi connectivity index (χ1n) is 9.65. The van der Waals surface area contributed by atoms with Gasteiger partial charge in [0.25, 0.3) is 0 Å². The Balaban J connectivity index is 1.43. The van der Waals surface area contributed by atoms with Crippen molar-refractivity contribution in [1.82, 2.24) is 9.88 Å². The number of halogens is 2. The van der Waals surface area contributed by atoms with Crippen LogP contribution < -0.4 is 0 Å². The first-order valence-corrected chi connectivity index (χ1v) is 9.65. The molecule has 2 heterocycles. The molecule has 1 aliphatic carbocycles. The maximum atomic E-state index is 13.4. The molecule has 1 aromatic carbocycles. The van der Waals surface area contributed by atoms with E-state index in [4.69, 9.17) is 4.74 Å². The van der Waals surface area contributed by atoms with Gasteiger partial charge in [-0.1, -0.05) is 24.3 Å². The van der Waals surface area contributed by atoms with Crippen molar-refractivity contribution in [1.29, 1.82) is 5.26 Å². The normalized spacial score (nSPS) is 19.4. The van der Waals surface area contributed by atoms with E-state index in [9.17, 15) is 23.6 Å². The minimum Gasteiger partial charge on any atom is -0.441 e. The predicted molar refractivity (Wildman–Crippen MR) is 103 cm³/mol. The summed E-state index contributed by atoms with van der Waals surface area (Å²) < 4.78 is 32.3. The van der Waals surface area contributed by atoms with Crippen molar-refractivity contribution >= 4 is 11.9 Å². The molecule has 4 rings (SSSR count). The average molecular weight is 411 g/mol. The van der Waals surface area contributed by atoms with Gasteiger partial charge in [0.15, 0.2) is 5.78 Å². The fourth-order valence-electron chi connectivity index (χ4n) is 3.97. The molecule has 8 heteroatoms. The lowest BCUT2D eigenvalue weighted by atomic mass is 9.82. The second kappa shape index (κ2) is 7.48. The SMILES string of the molecule is N#Cc1ncccc1-c1ccc(C(=O)CN2CC3(CCC(F)(F)CC3)OC2=O)cc1. The lowest BCUT2D eigenvalue weighted by molar-refractivity contribution is -0.0910. The Morgan fingerprint density at radius 1 is 1.17 bits per heavy atom. The summed E-state index contributed by atoms with van der Waals surface area (Å²) in [6, 6.07) is 12.2. The number of pyridine rings is 1. The monoisotopic (exact) mass is 411 g/mol. The Morgan fingerprint density at radius 3 is 2.53 bits per heavy atom. The zero-order valence-electron chi connectivity index (χ0n) is 16.1. The summed E-state index contributed by atoms with van der Waals surface area (Å²) in [7, 11) is 0. The third-order valence-corrected chi connectivity index (χ3v) is 5.70. The number of aromatic nitrogens is 1. The van der Waals surface area contributed by atoms with E-state index in [2.05, 4.69) is 4.98 Å². The second-order valence-electron chi connectivity index (χ2n) is 7.77. The Bertz CT molecular complexity index is 1020. The number of carbonyl (C=O) groups excluding carboxylic acids is 2. The molecule has 0 bridgehead atoms.